The predicted molar refractivity (Wildman–Crippen MR) is 151 cm³/mol. The minimum Gasteiger partial charge on any atom is -0.493 e. The van der Waals surface area contributed by atoms with Crippen LogP contribution in [-0.4, -0.2) is 79.0 Å². The van der Waals surface area contributed by atoms with Crippen molar-refractivity contribution in [3.8, 4) is 5.75 Å². The first-order valence-corrected chi connectivity index (χ1v) is 14.2. The Morgan fingerprint density at radius 2 is 1.89 bits per heavy atom. The van der Waals surface area contributed by atoms with E-state index in [0.29, 0.717) is 24.5 Å². The maximum Gasteiger partial charge on any atom is 0.317 e. The van der Waals surface area contributed by atoms with Gasteiger partial charge in [-0.1, -0.05) is 37.2 Å². The van der Waals surface area contributed by atoms with Crippen LogP contribution in [0.25, 0.3) is 5.57 Å². The molecule has 2 fully saturated rings. The van der Waals surface area contributed by atoms with Crippen molar-refractivity contribution in [2.75, 3.05) is 39.9 Å². The van der Waals surface area contributed by atoms with Crippen molar-refractivity contribution in [3.63, 3.8) is 0 Å². The van der Waals surface area contributed by atoms with E-state index in [1.165, 1.54) is 11.1 Å². The van der Waals surface area contributed by atoms with Crippen molar-refractivity contribution in [1.82, 2.24) is 9.80 Å². The maximum absolute atomic E-state index is 12.9. The number of oxime groups is 1. The lowest BCUT2D eigenvalue weighted by molar-refractivity contribution is -0.137. The lowest BCUT2D eigenvalue weighted by Crippen LogP contribution is -2.41. The van der Waals surface area contributed by atoms with Crippen LogP contribution in [0.1, 0.15) is 64.4 Å². The SMILES string of the molecule is CN=C(O/N=C/C(C)C)N1CCC(COc2ccc(C3=CCC(C(=O)N4CCC[C@@H]4CO)CC3)cc2)CC1. The highest BCUT2D eigenvalue weighted by atomic mass is 16.6. The fourth-order valence-corrected chi connectivity index (χ4v) is 5.58. The molecule has 1 aromatic rings. The zero-order valence-corrected chi connectivity index (χ0v) is 23.2. The maximum atomic E-state index is 12.9. The number of piperidine rings is 1. The molecule has 208 valence electrons. The van der Waals surface area contributed by atoms with Crippen molar-refractivity contribution >= 4 is 23.7 Å². The van der Waals surface area contributed by atoms with Gasteiger partial charge in [0.25, 0.3) is 0 Å². The van der Waals surface area contributed by atoms with Crippen LogP contribution in [-0.2, 0) is 9.63 Å². The van der Waals surface area contributed by atoms with Crippen molar-refractivity contribution in [1.29, 1.82) is 0 Å². The summed E-state index contributed by atoms with van der Waals surface area (Å²) < 4.78 is 6.13. The first-order valence-electron chi connectivity index (χ1n) is 14.2. The summed E-state index contributed by atoms with van der Waals surface area (Å²) in [7, 11) is 1.74. The third-order valence-corrected chi connectivity index (χ3v) is 7.91. The number of amidine groups is 1. The summed E-state index contributed by atoms with van der Waals surface area (Å²) in [5.74, 6) is 2.00. The van der Waals surface area contributed by atoms with E-state index in [4.69, 9.17) is 9.57 Å². The molecule has 0 aromatic heterocycles. The molecule has 0 radical (unpaired) electrons. The largest absolute Gasteiger partial charge is 0.493 e. The molecule has 2 saturated heterocycles. The Morgan fingerprint density at radius 1 is 1.13 bits per heavy atom. The van der Waals surface area contributed by atoms with Gasteiger partial charge < -0.3 is 24.5 Å². The number of nitrogens with zero attached hydrogens (tertiary/aromatic N) is 4. The number of ether oxygens (including phenoxy) is 1. The zero-order chi connectivity index (χ0) is 26.9. The Bertz CT molecular complexity index is 996. The quantitative estimate of drug-likeness (QED) is 0.305. The summed E-state index contributed by atoms with van der Waals surface area (Å²) in [6.07, 6.45) is 10.5. The molecule has 8 nitrogen and oxygen atoms in total. The van der Waals surface area contributed by atoms with E-state index < -0.39 is 0 Å². The van der Waals surface area contributed by atoms with Gasteiger partial charge in [-0.3, -0.25) is 4.79 Å². The standard InChI is InChI=1S/C30H44N4O4/c1-22(2)19-32-38-30(31-3)33-17-14-23(15-18-33)21-37-28-12-10-25(11-13-28)24-6-8-26(9-7-24)29(36)34-16-4-5-27(34)20-35/h6,10-13,19,22-23,26-27,35H,4-5,7-9,14-18,20-21H2,1-3H3/b31-30?,32-19+/t26?,27-/m1/s1. The molecule has 1 unspecified atom stereocenters. The minimum absolute atomic E-state index is 0.0129. The lowest BCUT2D eigenvalue weighted by atomic mass is 9.85. The number of benzene rings is 1. The average Bonchev–Trinajstić information content (AvgIpc) is 3.44. The van der Waals surface area contributed by atoms with Gasteiger partial charge in [-0.15, -0.1) is 0 Å². The van der Waals surface area contributed by atoms with Crippen LogP contribution < -0.4 is 4.74 Å². The Labute approximate surface area is 227 Å². The topological polar surface area (TPSA) is 87.0 Å². The highest BCUT2D eigenvalue weighted by Gasteiger charge is 2.33. The molecule has 8 heteroatoms. The Hall–Kier alpha value is -2.87. The first kappa shape index (κ1) is 28.1. The number of aliphatic hydroxyl groups is 1. The van der Waals surface area contributed by atoms with E-state index in [1.807, 2.05) is 4.90 Å². The lowest BCUT2D eigenvalue weighted by Gasteiger charge is -2.32. The molecule has 1 amide bonds. The van der Waals surface area contributed by atoms with Gasteiger partial charge in [-0.05, 0) is 80.1 Å². The number of aliphatic hydroxyl groups excluding tert-OH is 1. The summed E-state index contributed by atoms with van der Waals surface area (Å²) in [6.45, 7) is 7.45. The predicted octanol–water partition coefficient (Wildman–Crippen LogP) is 4.59. The number of carbonyl (C=O) groups is 1. The van der Waals surface area contributed by atoms with Crippen LogP contribution in [0.4, 0.5) is 0 Å². The Balaban J connectivity index is 1.20. The van der Waals surface area contributed by atoms with E-state index in [9.17, 15) is 9.90 Å². The number of allylic oxidation sites excluding steroid dienone is 2. The van der Waals surface area contributed by atoms with E-state index in [-0.39, 0.29) is 24.5 Å². The number of aliphatic imine (C=N–C) groups is 1. The number of carbonyl (C=O) groups excluding carboxylic acids is 1. The monoisotopic (exact) mass is 524 g/mol. The second-order valence-electron chi connectivity index (χ2n) is 11.1. The highest BCUT2D eigenvalue weighted by molar-refractivity contribution is 5.81. The molecule has 1 aliphatic carbocycles. The Kier molecular flexibility index (Phi) is 10.2. The van der Waals surface area contributed by atoms with Gasteiger partial charge in [0.1, 0.15) is 5.75 Å². The fraction of sp³-hybridized carbons (Fsp3) is 0.633. The number of amides is 1. The summed E-state index contributed by atoms with van der Waals surface area (Å²) in [5.41, 5.74) is 2.51. The molecular formula is C30H44N4O4. The van der Waals surface area contributed by atoms with E-state index in [1.54, 1.807) is 13.3 Å². The van der Waals surface area contributed by atoms with Crippen molar-refractivity contribution < 1.29 is 19.5 Å². The van der Waals surface area contributed by atoms with E-state index in [0.717, 1.165) is 70.3 Å². The van der Waals surface area contributed by atoms with Gasteiger partial charge in [0.2, 0.25) is 5.91 Å². The van der Waals surface area contributed by atoms with Crippen molar-refractivity contribution in [2.45, 2.75) is 64.8 Å². The fourth-order valence-electron chi connectivity index (χ4n) is 5.58. The second-order valence-corrected chi connectivity index (χ2v) is 11.1. The molecule has 0 saturated carbocycles. The van der Waals surface area contributed by atoms with Gasteiger partial charge in [-0.2, -0.15) is 0 Å². The third-order valence-electron chi connectivity index (χ3n) is 7.91. The van der Waals surface area contributed by atoms with Gasteiger partial charge in [0.15, 0.2) is 0 Å². The zero-order valence-electron chi connectivity index (χ0n) is 23.2. The van der Waals surface area contributed by atoms with Crippen LogP contribution in [0.5, 0.6) is 5.75 Å². The van der Waals surface area contributed by atoms with Crippen molar-refractivity contribution in [2.24, 2.45) is 27.9 Å². The third kappa shape index (κ3) is 7.37. The first-order chi connectivity index (χ1) is 18.5. The van der Waals surface area contributed by atoms with Gasteiger partial charge >= 0.3 is 6.02 Å². The highest BCUT2D eigenvalue weighted by Crippen LogP contribution is 2.33. The molecule has 3 aliphatic rings. The second kappa shape index (κ2) is 13.8. The molecule has 4 rings (SSSR count). The molecule has 1 N–H and O–H groups in total. The number of rotatable bonds is 8. The summed E-state index contributed by atoms with van der Waals surface area (Å²) >= 11 is 0. The molecule has 38 heavy (non-hydrogen) atoms. The number of hydrogen-bond donors (Lipinski definition) is 1. The molecule has 2 aliphatic heterocycles. The van der Waals surface area contributed by atoms with Crippen LogP contribution >= 0.6 is 0 Å². The normalized spacial score (nSPS) is 23.3. The summed E-state index contributed by atoms with van der Waals surface area (Å²) in [6, 6.07) is 8.97. The van der Waals surface area contributed by atoms with E-state index >= 15 is 0 Å². The molecule has 1 aromatic carbocycles. The smallest absolute Gasteiger partial charge is 0.317 e. The molecule has 2 heterocycles. The molecule has 0 spiro atoms. The van der Waals surface area contributed by atoms with Gasteiger partial charge in [0.05, 0.1) is 19.3 Å². The Morgan fingerprint density at radius 3 is 2.53 bits per heavy atom. The van der Waals surface area contributed by atoms with E-state index in [2.05, 4.69) is 59.2 Å². The number of hydrogen-bond acceptors (Lipinski definition) is 6. The van der Waals surface area contributed by atoms with Crippen LogP contribution in [0.15, 0.2) is 40.5 Å². The molecule has 2 atom stereocenters. The van der Waals surface area contributed by atoms with Crippen LogP contribution in [0.2, 0.25) is 0 Å². The summed E-state index contributed by atoms with van der Waals surface area (Å²) in [5, 5.41) is 13.6. The average molecular weight is 525 g/mol. The summed E-state index contributed by atoms with van der Waals surface area (Å²) in [4.78, 5) is 26.7. The minimum atomic E-state index is 0.0129. The van der Waals surface area contributed by atoms with Crippen LogP contribution in [0, 0.1) is 17.8 Å². The van der Waals surface area contributed by atoms with Crippen LogP contribution in [0.3, 0.4) is 0 Å². The van der Waals surface area contributed by atoms with Gasteiger partial charge in [0, 0.05) is 38.8 Å². The molecule has 0 bridgehead atoms. The molecular weight excluding hydrogens is 480 g/mol. The number of likely N-dealkylation sites (tertiary alicyclic amines) is 2. The van der Waals surface area contributed by atoms with Crippen molar-refractivity contribution in [3.05, 3.63) is 35.9 Å². The van der Waals surface area contributed by atoms with Gasteiger partial charge in [-0.25, -0.2) is 4.99 Å².